The molecule has 0 bridgehead atoms. The molecule has 0 spiro atoms. The van der Waals surface area contributed by atoms with Gasteiger partial charge in [-0.25, -0.2) is 13.2 Å². The van der Waals surface area contributed by atoms with Gasteiger partial charge < -0.3 is 11.1 Å². The van der Waals surface area contributed by atoms with Crippen LogP contribution in [0.25, 0.3) is 0 Å². The van der Waals surface area contributed by atoms with E-state index in [1.54, 1.807) is 0 Å². The van der Waals surface area contributed by atoms with Crippen LogP contribution in [-0.4, -0.2) is 12.5 Å². The predicted octanol–water partition coefficient (Wildman–Crippen LogP) is 1.39. The maximum Gasteiger partial charge on any atom is 0.219 e. The van der Waals surface area contributed by atoms with Gasteiger partial charge in [0.05, 0.1) is 5.69 Å². The zero-order chi connectivity index (χ0) is 11.4. The maximum absolute atomic E-state index is 13.0. The lowest BCUT2D eigenvalue weighted by Crippen LogP contribution is -2.16. The van der Waals surface area contributed by atoms with Crippen LogP contribution in [0.4, 0.5) is 18.9 Å². The minimum absolute atomic E-state index is 0.0230. The fourth-order valence-electron chi connectivity index (χ4n) is 1.00. The third-order valence-corrected chi connectivity index (χ3v) is 1.68. The lowest BCUT2D eigenvalue weighted by molar-refractivity contribution is -0.117. The standard InChI is InChI=1S/C9H9F3N2O/c10-5-3-6(11)9(12)7(4-5)14-2-1-8(13)15/h3-4,14H,1-2H2,(H2,13,15). The molecular formula is C9H9F3N2O. The van der Waals surface area contributed by atoms with Gasteiger partial charge in [0.1, 0.15) is 5.82 Å². The van der Waals surface area contributed by atoms with Crippen molar-refractivity contribution in [3.05, 3.63) is 29.6 Å². The Morgan fingerprint density at radius 1 is 1.33 bits per heavy atom. The second kappa shape index (κ2) is 4.68. The first-order valence-corrected chi connectivity index (χ1v) is 4.17. The summed E-state index contributed by atoms with van der Waals surface area (Å²) in [5, 5.41) is 2.37. The summed E-state index contributed by atoms with van der Waals surface area (Å²) in [5.41, 5.74) is 4.51. The number of hydrogen-bond acceptors (Lipinski definition) is 2. The van der Waals surface area contributed by atoms with Crippen LogP contribution in [0.15, 0.2) is 12.1 Å². The number of amides is 1. The molecule has 0 saturated carbocycles. The van der Waals surface area contributed by atoms with Gasteiger partial charge in [-0.05, 0) is 0 Å². The summed E-state index contributed by atoms with van der Waals surface area (Å²) >= 11 is 0. The van der Waals surface area contributed by atoms with Crippen molar-refractivity contribution in [1.29, 1.82) is 0 Å². The zero-order valence-corrected chi connectivity index (χ0v) is 7.69. The van der Waals surface area contributed by atoms with Gasteiger partial charge in [0, 0.05) is 25.1 Å². The van der Waals surface area contributed by atoms with Gasteiger partial charge in [-0.2, -0.15) is 0 Å². The number of primary amides is 1. The number of nitrogens with one attached hydrogen (secondary N) is 1. The topological polar surface area (TPSA) is 55.1 Å². The number of carbonyl (C=O) groups is 1. The molecule has 0 fully saturated rings. The number of rotatable bonds is 4. The first-order valence-electron chi connectivity index (χ1n) is 4.17. The van der Waals surface area contributed by atoms with Crippen LogP contribution < -0.4 is 11.1 Å². The minimum Gasteiger partial charge on any atom is -0.382 e. The fraction of sp³-hybridized carbons (Fsp3) is 0.222. The molecule has 0 aliphatic rings. The second-order valence-electron chi connectivity index (χ2n) is 2.89. The molecule has 82 valence electrons. The molecule has 0 unspecified atom stereocenters. The van der Waals surface area contributed by atoms with Crippen molar-refractivity contribution in [3.63, 3.8) is 0 Å². The number of halogens is 3. The summed E-state index contributed by atoms with van der Waals surface area (Å²) in [6.07, 6.45) is -0.0441. The van der Waals surface area contributed by atoms with E-state index in [0.717, 1.165) is 6.07 Å². The molecule has 0 aliphatic heterocycles. The molecule has 6 heteroatoms. The van der Waals surface area contributed by atoms with Crippen LogP contribution in [0.3, 0.4) is 0 Å². The highest BCUT2D eigenvalue weighted by Gasteiger charge is 2.10. The van der Waals surface area contributed by atoms with Crippen LogP contribution in [0.1, 0.15) is 6.42 Å². The molecule has 1 aromatic carbocycles. The van der Waals surface area contributed by atoms with Crippen molar-refractivity contribution in [1.82, 2.24) is 0 Å². The van der Waals surface area contributed by atoms with E-state index >= 15 is 0 Å². The van der Waals surface area contributed by atoms with Crippen molar-refractivity contribution >= 4 is 11.6 Å². The third kappa shape index (κ3) is 3.16. The van der Waals surface area contributed by atoms with E-state index in [1.807, 2.05) is 0 Å². The summed E-state index contributed by atoms with van der Waals surface area (Å²) < 4.78 is 38.3. The van der Waals surface area contributed by atoms with Crippen LogP contribution in [0.5, 0.6) is 0 Å². The average molecular weight is 218 g/mol. The maximum atomic E-state index is 13.0. The van der Waals surface area contributed by atoms with Crippen LogP contribution in [-0.2, 0) is 4.79 Å². The van der Waals surface area contributed by atoms with Gasteiger partial charge in [0.25, 0.3) is 0 Å². The molecule has 0 saturated heterocycles. The monoisotopic (exact) mass is 218 g/mol. The fourth-order valence-corrected chi connectivity index (χ4v) is 1.00. The number of benzene rings is 1. The molecule has 15 heavy (non-hydrogen) atoms. The van der Waals surface area contributed by atoms with Crippen molar-refractivity contribution in [2.24, 2.45) is 5.73 Å². The highest BCUT2D eigenvalue weighted by molar-refractivity contribution is 5.74. The minimum atomic E-state index is -1.28. The Morgan fingerprint density at radius 2 is 2.00 bits per heavy atom. The molecule has 3 N–H and O–H groups in total. The first-order chi connectivity index (χ1) is 7.00. The molecular weight excluding hydrogens is 209 g/mol. The van der Waals surface area contributed by atoms with Crippen LogP contribution >= 0.6 is 0 Å². The predicted molar refractivity (Wildman–Crippen MR) is 48.6 cm³/mol. The summed E-state index contributed by atoms with van der Waals surface area (Å²) in [6, 6.07) is 1.24. The summed E-state index contributed by atoms with van der Waals surface area (Å²) in [7, 11) is 0. The van der Waals surface area contributed by atoms with E-state index in [9.17, 15) is 18.0 Å². The van der Waals surface area contributed by atoms with Gasteiger partial charge in [-0.3, -0.25) is 4.79 Å². The Labute approximate surface area is 84.1 Å². The summed E-state index contributed by atoms with van der Waals surface area (Å²) in [4.78, 5) is 10.3. The largest absolute Gasteiger partial charge is 0.382 e. The summed E-state index contributed by atoms with van der Waals surface area (Å²) in [5.74, 6) is -3.94. The number of hydrogen-bond donors (Lipinski definition) is 2. The number of anilines is 1. The average Bonchev–Trinajstić information content (AvgIpc) is 2.12. The molecule has 0 aliphatic carbocycles. The lowest BCUT2D eigenvalue weighted by atomic mass is 10.2. The van der Waals surface area contributed by atoms with Gasteiger partial charge in [-0.15, -0.1) is 0 Å². The van der Waals surface area contributed by atoms with Crippen molar-refractivity contribution < 1.29 is 18.0 Å². The Morgan fingerprint density at radius 3 is 2.60 bits per heavy atom. The zero-order valence-electron chi connectivity index (χ0n) is 7.69. The van der Waals surface area contributed by atoms with Gasteiger partial charge >= 0.3 is 0 Å². The molecule has 0 atom stereocenters. The van der Waals surface area contributed by atoms with Crippen molar-refractivity contribution in [2.75, 3.05) is 11.9 Å². The summed E-state index contributed by atoms with van der Waals surface area (Å²) in [6.45, 7) is 0.0230. The second-order valence-corrected chi connectivity index (χ2v) is 2.89. The van der Waals surface area contributed by atoms with Crippen molar-refractivity contribution in [3.8, 4) is 0 Å². The quantitative estimate of drug-likeness (QED) is 0.750. The number of nitrogens with two attached hydrogens (primary N) is 1. The SMILES string of the molecule is NC(=O)CCNc1cc(F)cc(F)c1F. The molecule has 1 aromatic rings. The molecule has 0 heterocycles. The van der Waals surface area contributed by atoms with Gasteiger partial charge in [0.15, 0.2) is 11.6 Å². The van der Waals surface area contributed by atoms with Crippen LogP contribution in [0.2, 0.25) is 0 Å². The van der Waals surface area contributed by atoms with E-state index in [4.69, 9.17) is 5.73 Å². The molecule has 1 amide bonds. The Bertz CT molecular complexity index is 382. The number of carbonyl (C=O) groups excluding carboxylic acids is 1. The van der Waals surface area contributed by atoms with Gasteiger partial charge in [0.2, 0.25) is 5.91 Å². The van der Waals surface area contributed by atoms with Crippen LogP contribution in [0, 0.1) is 17.5 Å². The normalized spacial score (nSPS) is 10.1. The molecule has 1 rings (SSSR count). The lowest BCUT2D eigenvalue weighted by Gasteiger charge is -2.06. The van der Waals surface area contributed by atoms with Crippen molar-refractivity contribution in [2.45, 2.75) is 6.42 Å². The van der Waals surface area contributed by atoms with E-state index < -0.39 is 23.4 Å². The molecule has 0 aromatic heterocycles. The molecule has 0 radical (unpaired) electrons. The van der Waals surface area contributed by atoms with E-state index in [1.165, 1.54) is 0 Å². The molecule has 3 nitrogen and oxygen atoms in total. The highest BCUT2D eigenvalue weighted by atomic mass is 19.2. The first kappa shape index (κ1) is 11.4. The highest BCUT2D eigenvalue weighted by Crippen LogP contribution is 2.18. The Balaban J connectivity index is 2.72. The third-order valence-electron chi connectivity index (χ3n) is 1.68. The smallest absolute Gasteiger partial charge is 0.219 e. The van der Waals surface area contributed by atoms with Gasteiger partial charge in [-0.1, -0.05) is 0 Å². The Kier molecular flexibility index (Phi) is 3.54. The van der Waals surface area contributed by atoms with E-state index in [-0.39, 0.29) is 18.7 Å². The van der Waals surface area contributed by atoms with E-state index in [2.05, 4.69) is 5.32 Å². The Hall–Kier alpha value is -1.72. The van der Waals surface area contributed by atoms with E-state index in [0.29, 0.717) is 6.07 Å².